The summed E-state index contributed by atoms with van der Waals surface area (Å²) in [5, 5.41) is 2.05. The van der Waals surface area contributed by atoms with Crippen molar-refractivity contribution in [2.45, 2.75) is 39.3 Å². The van der Waals surface area contributed by atoms with Crippen LogP contribution in [0.5, 0.6) is 0 Å². The van der Waals surface area contributed by atoms with Gasteiger partial charge in [0.05, 0.1) is 5.52 Å². The van der Waals surface area contributed by atoms with Crippen LogP contribution >= 0.6 is 11.6 Å². The zero-order valence-electron chi connectivity index (χ0n) is 10.6. The Morgan fingerprint density at radius 1 is 1.29 bits per heavy atom. The third-order valence-corrected chi connectivity index (χ3v) is 3.21. The first-order valence-electron chi connectivity index (χ1n) is 6.03. The maximum atomic E-state index is 6.07. The summed E-state index contributed by atoms with van der Waals surface area (Å²) in [5.41, 5.74) is 8.40. The lowest BCUT2D eigenvalue weighted by Crippen LogP contribution is -2.17. The number of hydrogen-bond acceptors (Lipinski definition) is 1. The normalized spacial score (nSPS) is 13.5. The Morgan fingerprint density at radius 3 is 2.59 bits per heavy atom. The van der Waals surface area contributed by atoms with Crippen molar-refractivity contribution in [2.24, 2.45) is 5.73 Å². The van der Waals surface area contributed by atoms with Crippen LogP contribution in [0.3, 0.4) is 0 Å². The van der Waals surface area contributed by atoms with Gasteiger partial charge < -0.3 is 10.3 Å². The second-order valence-electron chi connectivity index (χ2n) is 5.00. The summed E-state index contributed by atoms with van der Waals surface area (Å²) < 4.78 is 2.26. The third-order valence-electron chi connectivity index (χ3n) is 2.98. The molecule has 1 heterocycles. The Balaban J connectivity index is 2.62. The number of aromatic nitrogens is 1. The second-order valence-corrected chi connectivity index (χ2v) is 5.43. The molecule has 2 nitrogen and oxygen atoms in total. The van der Waals surface area contributed by atoms with E-state index in [0.29, 0.717) is 6.04 Å². The average molecular weight is 251 g/mol. The summed E-state index contributed by atoms with van der Waals surface area (Å²) in [6.07, 6.45) is 3.10. The van der Waals surface area contributed by atoms with E-state index in [2.05, 4.69) is 30.7 Å². The van der Waals surface area contributed by atoms with Gasteiger partial charge in [0.1, 0.15) is 0 Å². The smallest absolute Gasteiger partial charge is 0.0500 e. The molecule has 0 saturated heterocycles. The highest BCUT2D eigenvalue weighted by Gasteiger charge is 2.11. The molecular weight excluding hydrogens is 232 g/mol. The Morgan fingerprint density at radius 2 is 2.00 bits per heavy atom. The van der Waals surface area contributed by atoms with E-state index in [1.54, 1.807) is 0 Å². The lowest BCUT2D eigenvalue weighted by Gasteiger charge is -2.08. The number of fused-ring (bicyclic) bond motifs is 1. The van der Waals surface area contributed by atoms with Crippen LogP contribution in [0.25, 0.3) is 10.9 Å². The molecule has 1 aromatic carbocycles. The Hall–Kier alpha value is -0.990. The quantitative estimate of drug-likeness (QED) is 0.884. The zero-order chi connectivity index (χ0) is 12.6. The highest BCUT2D eigenvalue weighted by molar-refractivity contribution is 6.31. The summed E-state index contributed by atoms with van der Waals surface area (Å²) in [6.45, 7) is 6.39. The van der Waals surface area contributed by atoms with Gasteiger partial charge >= 0.3 is 0 Å². The molecule has 1 unspecified atom stereocenters. The standard InChI is InChI=1S/C14H19ClN2/c1-9(2)17-8-11(6-10(3)16)13-5-4-12(15)7-14(13)17/h4-5,7-10H,6,16H2,1-3H3. The summed E-state index contributed by atoms with van der Waals surface area (Å²) in [4.78, 5) is 0. The Labute approximate surface area is 107 Å². The van der Waals surface area contributed by atoms with Gasteiger partial charge in [-0.25, -0.2) is 0 Å². The zero-order valence-corrected chi connectivity index (χ0v) is 11.3. The molecule has 0 aliphatic carbocycles. The minimum atomic E-state index is 0.178. The second kappa shape index (κ2) is 4.71. The van der Waals surface area contributed by atoms with Crippen LogP contribution in [-0.2, 0) is 6.42 Å². The molecule has 0 saturated carbocycles. The fourth-order valence-electron chi connectivity index (χ4n) is 2.23. The van der Waals surface area contributed by atoms with Crippen LogP contribution in [0.1, 0.15) is 32.4 Å². The fourth-order valence-corrected chi connectivity index (χ4v) is 2.40. The monoisotopic (exact) mass is 250 g/mol. The summed E-state index contributed by atoms with van der Waals surface area (Å²) in [5.74, 6) is 0. The van der Waals surface area contributed by atoms with Gasteiger partial charge in [-0.2, -0.15) is 0 Å². The van der Waals surface area contributed by atoms with E-state index in [-0.39, 0.29) is 6.04 Å². The van der Waals surface area contributed by atoms with E-state index < -0.39 is 0 Å². The Kier molecular flexibility index (Phi) is 3.45. The molecule has 0 amide bonds. The van der Waals surface area contributed by atoms with Crippen LogP contribution < -0.4 is 5.73 Å². The average Bonchev–Trinajstić information content (AvgIpc) is 2.55. The SMILES string of the molecule is CC(N)Cc1cn(C(C)C)c2cc(Cl)ccc12. The van der Waals surface area contributed by atoms with Crippen molar-refractivity contribution < 1.29 is 0 Å². The van der Waals surface area contributed by atoms with E-state index in [1.807, 2.05) is 19.1 Å². The van der Waals surface area contributed by atoms with Gasteiger partial charge in [-0.15, -0.1) is 0 Å². The maximum Gasteiger partial charge on any atom is 0.0500 e. The molecule has 2 aromatic rings. The molecule has 0 fully saturated rings. The maximum absolute atomic E-state index is 6.07. The lowest BCUT2D eigenvalue weighted by molar-refractivity contribution is 0.618. The molecule has 2 N–H and O–H groups in total. The number of nitrogens with zero attached hydrogens (tertiary/aromatic N) is 1. The molecule has 0 radical (unpaired) electrons. The van der Waals surface area contributed by atoms with E-state index in [1.165, 1.54) is 16.5 Å². The molecule has 17 heavy (non-hydrogen) atoms. The van der Waals surface area contributed by atoms with E-state index in [9.17, 15) is 0 Å². The van der Waals surface area contributed by atoms with Crippen molar-refractivity contribution in [3.05, 3.63) is 35.0 Å². The number of hydrogen-bond donors (Lipinski definition) is 1. The van der Waals surface area contributed by atoms with E-state index >= 15 is 0 Å². The molecule has 3 heteroatoms. The van der Waals surface area contributed by atoms with Gasteiger partial charge in [-0.05, 0) is 44.9 Å². The fraction of sp³-hybridized carbons (Fsp3) is 0.429. The van der Waals surface area contributed by atoms with Gasteiger partial charge in [0.15, 0.2) is 0 Å². The van der Waals surface area contributed by atoms with Crippen molar-refractivity contribution >= 4 is 22.5 Å². The molecule has 0 spiro atoms. The van der Waals surface area contributed by atoms with Crippen LogP contribution in [-0.4, -0.2) is 10.6 Å². The summed E-state index contributed by atoms with van der Waals surface area (Å²) >= 11 is 6.07. The van der Waals surface area contributed by atoms with E-state index in [0.717, 1.165) is 11.4 Å². The first-order valence-corrected chi connectivity index (χ1v) is 6.41. The van der Waals surface area contributed by atoms with Crippen LogP contribution in [0.4, 0.5) is 0 Å². The largest absolute Gasteiger partial charge is 0.345 e. The molecule has 2 rings (SSSR count). The molecule has 0 aliphatic rings. The first kappa shape index (κ1) is 12.5. The van der Waals surface area contributed by atoms with Crippen molar-refractivity contribution in [1.29, 1.82) is 0 Å². The van der Waals surface area contributed by atoms with Crippen molar-refractivity contribution in [2.75, 3.05) is 0 Å². The van der Waals surface area contributed by atoms with Gasteiger partial charge in [0.25, 0.3) is 0 Å². The minimum Gasteiger partial charge on any atom is -0.345 e. The Bertz CT molecular complexity index is 526. The number of rotatable bonds is 3. The van der Waals surface area contributed by atoms with Crippen molar-refractivity contribution in [3.8, 4) is 0 Å². The van der Waals surface area contributed by atoms with Crippen molar-refractivity contribution in [3.63, 3.8) is 0 Å². The van der Waals surface area contributed by atoms with Crippen LogP contribution in [0.2, 0.25) is 5.02 Å². The highest BCUT2D eigenvalue weighted by atomic mass is 35.5. The number of halogens is 1. The predicted molar refractivity (Wildman–Crippen MR) is 74.7 cm³/mol. The van der Waals surface area contributed by atoms with Gasteiger partial charge in [-0.1, -0.05) is 17.7 Å². The predicted octanol–water partition coefficient (Wildman–Crippen LogP) is 3.77. The molecular formula is C14H19ClN2. The summed E-state index contributed by atoms with van der Waals surface area (Å²) in [7, 11) is 0. The third kappa shape index (κ3) is 2.48. The van der Waals surface area contributed by atoms with E-state index in [4.69, 9.17) is 17.3 Å². The topological polar surface area (TPSA) is 30.9 Å². The van der Waals surface area contributed by atoms with Gasteiger partial charge in [-0.3, -0.25) is 0 Å². The number of nitrogens with two attached hydrogens (primary N) is 1. The molecule has 0 aliphatic heterocycles. The number of benzene rings is 1. The van der Waals surface area contributed by atoms with Crippen molar-refractivity contribution in [1.82, 2.24) is 4.57 Å². The minimum absolute atomic E-state index is 0.178. The lowest BCUT2D eigenvalue weighted by atomic mass is 10.1. The van der Waals surface area contributed by atoms with Crippen LogP contribution in [0.15, 0.2) is 24.4 Å². The molecule has 1 atom stereocenters. The highest BCUT2D eigenvalue weighted by Crippen LogP contribution is 2.28. The summed E-state index contributed by atoms with van der Waals surface area (Å²) in [6, 6.07) is 6.67. The van der Waals surface area contributed by atoms with Gasteiger partial charge in [0.2, 0.25) is 0 Å². The molecule has 0 bridgehead atoms. The van der Waals surface area contributed by atoms with Crippen LogP contribution in [0, 0.1) is 0 Å². The molecule has 1 aromatic heterocycles. The first-order chi connectivity index (χ1) is 7.99. The van der Waals surface area contributed by atoms with Gasteiger partial charge in [0, 0.05) is 28.7 Å². The molecule has 92 valence electrons.